The maximum atomic E-state index is 11.9. The van der Waals surface area contributed by atoms with E-state index in [1.165, 1.54) is 4.57 Å². The molecule has 9 heteroatoms. The van der Waals surface area contributed by atoms with Gasteiger partial charge in [-0.15, -0.1) is 0 Å². The van der Waals surface area contributed by atoms with E-state index in [-0.39, 0.29) is 11.4 Å². The number of nitrogens with zero attached hydrogens (tertiary/aromatic N) is 3. The van der Waals surface area contributed by atoms with Gasteiger partial charge in [-0.25, -0.2) is 0 Å². The second kappa shape index (κ2) is 6.78. The van der Waals surface area contributed by atoms with Crippen molar-refractivity contribution >= 4 is 28.9 Å². The third-order valence-corrected chi connectivity index (χ3v) is 4.28. The fourth-order valence-electron chi connectivity index (χ4n) is 2.05. The van der Waals surface area contributed by atoms with Crippen LogP contribution in [-0.4, -0.2) is 32.8 Å². The van der Waals surface area contributed by atoms with Crippen LogP contribution < -0.4 is 10.2 Å². The number of aryl methyl sites for hydroxylation is 3. The molecule has 0 radical (unpaired) electrons. The van der Waals surface area contributed by atoms with Gasteiger partial charge in [0.15, 0.2) is 6.61 Å². The molecule has 2 aromatic rings. The van der Waals surface area contributed by atoms with Gasteiger partial charge >= 0.3 is 10.8 Å². The molecule has 2 heterocycles. The van der Waals surface area contributed by atoms with Crippen LogP contribution in [0.1, 0.15) is 17.1 Å². The molecular formula is C14H18N4O4S. The molecule has 0 aliphatic carbocycles. The third kappa shape index (κ3) is 3.86. The first kappa shape index (κ1) is 16.9. The molecule has 0 spiro atoms. The highest BCUT2D eigenvalue weighted by molar-refractivity contribution is 7.07. The number of esters is 1. The van der Waals surface area contributed by atoms with Crippen molar-refractivity contribution < 1.29 is 14.3 Å². The Labute approximate surface area is 136 Å². The minimum atomic E-state index is -0.636. The number of ether oxygens (including phenoxy) is 1. The molecule has 0 fully saturated rings. The van der Waals surface area contributed by atoms with E-state index in [1.54, 1.807) is 31.0 Å². The van der Waals surface area contributed by atoms with Crippen LogP contribution in [0, 0.1) is 20.8 Å². The van der Waals surface area contributed by atoms with E-state index >= 15 is 0 Å². The second-order valence-electron chi connectivity index (χ2n) is 5.11. The second-order valence-corrected chi connectivity index (χ2v) is 5.93. The summed E-state index contributed by atoms with van der Waals surface area (Å²) in [6.45, 7) is 4.72. The molecule has 0 saturated carbocycles. The Kier molecular flexibility index (Phi) is 4.99. The first-order valence-electron chi connectivity index (χ1n) is 6.90. The molecule has 8 nitrogen and oxygen atoms in total. The van der Waals surface area contributed by atoms with Gasteiger partial charge in [-0.1, -0.05) is 11.3 Å². The van der Waals surface area contributed by atoms with Gasteiger partial charge in [0, 0.05) is 18.1 Å². The van der Waals surface area contributed by atoms with Gasteiger partial charge in [0.25, 0.3) is 5.91 Å². The largest absolute Gasteiger partial charge is 0.454 e. The van der Waals surface area contributed by atoms with Crippen molar-refractivity contribution in [2.24, 2.45) is 7.05 Å². The van der Waals surface area contributed by atoms with E-state index < -0.39 is 18.5 Å². The van der Waals surface area contributed by atoms with Crippen LogP contribution in [0.15, 0.2) is 10.2 Å². The fourth-order valence-corrected chi connectivity index (χ4v) is 2.78. The lowest BCUT2D eigenvalue weighted by molar-refractivity contribution is -0.147. The van der Waals surface area contributed by atoms with Crippen LogP contribution in [0.5, 0.6) is 0 Å². The van der Waals surface area contributed by atoms with E-state index in [0.717, 1.165) is 17.0 Å². The zero-order valence-corrected chi connectivity index (χ0v) is 14.2. The van der Waals surface area contributed by atoms with E-state index in [1.807, 2.05) is 6.92 Å². The van der Waals surface area contributed by atoms with Gasteiger partial charge in [-0.2, -0.15) is 5.10 Å². The van der Waals surface area contributed by atoms with Gasteiger partial charge in [0.2, 0.25) is 0 Å². The standard InChI is InChI=1S/C14H18N4O4S/c1-8-7-23-14(21)18(8)5-12(20)22-6-11(19)15-13-9(2)16-17(4)10(13)3/h7H,5-6H2,1-4H3,(H,15,19). The first-order valence-corrected chi connectivity index (χ1v) is 7.78. The van der Waals surface area contributed by atoms with Gasteiger partial charge in [0.1, 0.15) is 6.54 Å². The Morgan fingerprint density at radius 1 is 1.35 bits per heavy atom. The lowest BCUT2D eigenvalue weighted by Crippen LogP contribution is -2.26. The van der Waals surface area contributed by atoms with Crippen molar-refractivity contribution in [3.63, 3.8) is 0 Å². The Balaban J connectivity index is 1.89. The number of carbonyl (C=O) groups excluding carboxylic acids is 2. The van der Waals surface area contributed by atoms with E-state index in [2.05, 4.69) is 10.4 Å². The highest BCUT2D eigenvalue weighted by atomic mass is 32.1. The summed E-state index contributed by atoms with van der Waals surface area (Å²) in [7, 11) is 1.78. The molecule has 0 aromatic carbocycles. The summed E-state index contributed by atoms with van der Waals surface area (Å²) in [5, 5.41) is 8.52. The maximum Gasteiger partial charge on any atom is 0.326 e. The predicted molar refractivity (Wildman–Crippen MR) is 85.6 cm³/mol. The molecule has 23 heavy (non-hydrogen) atoms. The van der Waals surface area contributed by atoms with Gasteiger partial charge in [-0.05, 0) is 20.8 Å². The summed E-state index contributed by atoms with van der Waals surface area (Å²) in [6, 6.07) is 0. The number of thiazole rings is 1. The number of carbonyl (C=O) groups is 2. The van der Waals surface area contributed by atoms with Crippen molar-refractivity contribution in [1.82, 2.24) is 14.3 Å². The van der Waals surface area contributed by atoms with Gasteiger partial charge in [0.05, 0.1) is 17.1 Å². The molecular weight excluding hydrogens is 320 g/mol. The van der Waals surface area contributed by atoms with Crippen LogP contribution in [0.25, 0.3) is 0 Å². The average molecular weight is 338 g/mol. The van der Waals surface area contributed by atoms with Crippen molar-refractivity contribution in [3.05, 3.63) is 32.1 Å². The van der Waals surface area contributed by atoms with Crippen molar-refractivity contribution in [2.45, 2.75) is 27.3 Å². The quantitative estimate of drug-likeness (QED) is 0.812. The smallest absolute Gasteiger partial charge is 0.326 e. The first-order chi connectivity index (χ1) is 10.8. The molecule has 0 saturated heterocycles. The molecule has 0 atom stereocenters. The van der Waals surface area contributed by atoms with Crippen LogP contribution in [0.2, 0.25) is 0 Å². The van der Waals surface area contributed by atoms with Crippen LogP contribution >= 0.6 is 11.3 Å². The molecule has 0 aliphatic heterocycles. The Morgan fingerprint density at radius 2 is 2.04 bits per heavy atom. The number of nitrogens with one attached hydrogen (secondary N) is 1. The minimum Gasteiger partial charge on any atom is -0.454 e. The summed E-state index contributed by atoms with van der Waals surface area (Å²) in [5.74, 6) is -1.09. The maximum absolute atomic E-state index is 11.9. The van der Waals surface area contributed by atoms with E-state index in [4.69, 9.17) is 4.74 Å². The Bertz CT molecular complexity index is 802. The molecule has 0 bridgehead atoms. The Morgan fingerprint density at radius 3 is 2.57 bits per heavy atom. The summed E-state index contributed by atoms with van der Waals surface area (Å²) >= 11 is 1.02. The van der Waals surface area contributed by atoms with Gasteiger partial charge in [-0.3, -0.25) is 23.6 Å². The molecule has 0 unspecified atom stereocenters. The minimum absolute atomic E-state index is 0.202. The number of hydrogen-bond donors (Lipinski definition) is 1. The highest BCUT2D eigenvalue weighted by Gasteiger charge is 2.15. The summed E-state index contributed by atoms with van der Waals surface area (Å²) in [6.07, 6.45) is 0. The lowest BCUT2D eigenvalue weighted by Gasteiger charge is -2.08. The van der Waals surface area contributed by atoms with Gasteiger partial charge < -0.3 is 10.1 Å². The summed E-state index contributed by atoms with van der Waals surface area (Å²) in [5.41, 5.74) is 2.79. The summed E-state index contributed by atoms with van der Waals surface area (Å²) in [4.78, 5) is 34.9. The molecule has 0 aliphatic rings. The number of rotatable bonds is 5. The topological polar surface area (TPSA) is 95.2 Å². The number of amides is 1. The monoisotopic (exact) mass is 338 g/mol. The molecule has 2 aromatic heterocycles. The van der Waals surface area contributed by atoms with Crippen LogP contribution in [0.3, 0.4) is 0 Å². The van der Waals surface area contributed by atoms with Crippen LogP contribution in [-0.2, 0) is 27.9 Å². The van der Waals surface area contributed by atoms with Crippen molar-refractivity contribution in [2.75, 3.05) is 11.9 Å². The average Bonchev–Trinajstić information content (AvgIpc) is 2.92. The predicted octanol–water partition coefficient (Wildman–Crippen LogP) is 0.750. The lowest BCUT2D eigenvalue weighted by atomic mass is 10.3. The number of aromatic nitrogens is 3. The normalized spacial score (nSPS) is 10.6. The van der Waals surface area contributed by atoms with Crippen molar-refractivity contribution in [1.29, 1.82) is 0 Å². The highest BCUT2D eigenvalue weighted by Crippen LogP contribution is 2.17. The zero-order chi connectivity index (χ0) is 17.1. The van der Waals surface area contributed by atoms with E-state index in [0.29, 0.717) is 17.1 Å². The Hall–Kier alpha value is -2.42. The molecule has 2 rings (SSSR count). The third-order valence-electron chi connectivity index (χ3n) is 3.40. The van der Waals surface area contributed by atoms with Crippen LogP contribution in [0.4, 0.5) is 5.69 Å². The molecule has 1 N–H and O–H groups in total. The number of anilines is 1. The van der Waals surface area contributed by atoms with Crippen molar-refractivity contribution in [3.8, 4) is 0 Å². The zero-order valence-electron chi connectivity index (χ0n) is 13.4. The van der Waals surface area contributed by atoms with E-state index in [9.17, 15) is 14.4 Å². The summed E-state index contributed by atoms with van der Waals surface area (Å²) < 4.78 is 7.87. The fraction of sp³-hybridized carbons (Fsp3) is 0.429. The molecule has 1 amide bonds. The number of hydrogen-bond acceptors (Lipinski definition) is 6. The molecule has 124 valence electrons. The SMILES string of the molecule is Cc1nn(C)c(C)c1NC(=O)COC(=O)Cn1c(C)csc1=O.